The lowest BCUT2D eigenvalue weighted by atomic mass is 9.81. The fraction of sp³-hybridized carbons (Fsp3) is 0.353. The van der Waals surface area contributed by atoms with Crippen LogP contribution in [0, 0.1) is 0 Å². The molecule has 0 aliphatic carbocycles. The Bertz CT molecular complexity index is 1990. The van der Waals surface area contributed by atoms with Gasteiger partial charge in [-0.3, -0.25) is 9.55 Å². The third-order valence-corrected chi connectivity index (χ3v) is 9.30. The molecule has 3 N–H and O–H groups in total. The number of hydrogen-bond acceptors (Lipinski definition) is 6. The zero-order valence-corrected chi connectivity index (χ0v) is 26.0. The summed E-state index contributed by atoms with van der Waals surface area (Å²) in [7, 11) is -4.28. The largest absolute Gasteiger partial charge is 0.478 e. The fourth-order valence-electron chi connectivity index (χ4n) is 6.83. The molecule has 0 saturated carbocycles. The molecular weight excluding hydrogens is 564 g/mol. The van der Waals surface area contributed by atoms with Gasteiger partial charge in [-0.25, -0.2) is 4.79 Å². The number of ether oxygens (including phenoxy) is 1. The van der Waals surface area contributed by atoms with Gasteiger partial charge in [0.15, 0.2) is 0 Å². The van der Waals surface area contributed by atoms with Crippen molar-refractivity contribution in [2.45, 2.75) is 71.4 Å². The van der Waals surface area contributed by atoms with Crippen LogP contribution in [0.3, 0.4) is 0 Å². The number of hydrogen-bond donors (Lipinski definition) is 3. The number of allylic oxidation sites excluding steroid dienone is 1. The molecule has 224 valence electrons. The first kappa shape index (κ1) is 29.1. The summed E-state index contributed by atoms with van der Waals surface area (Å²) in [5.74, 6) is -0.895. The summed E-state index contributed by atoms with van der Waals surface area (Å²) in [6.07, 6.45) is 3.31. The van der Waals surface area contributed by atoms with Crippen molar-refractivity contribution in [3.63, 3.8) is 0 Å². The second-order valence-corrected chi connectivity index (χ2v) is 14.6. The number of rotatable bonds is 5. The minimum Gasteiger partial charge on any atom is -0.478 e. The predicted octanol–water partition coefficient (Wildman–Crippen LogP) is 5.68. The average Bonchev–Trinajstić information content (AvgIpc) is 2.87. The summed E-state index contributed by atoms with van der Waals surface area (Å²) in [4.78, 5) is 17.5. The number of benzene rings is 3. The molecule has 3 aromatic carbocycles. The van der Waals surface area contributed by atoms with Crippen LogP contribution >= 0.6 is 0 Å². The SMILES string of the molecule is CCc1ccc(C(=O)O)c(C2=c3cc4c(cc3Oc3cc5c(cc32)C(C)=CC(C)(C)N5)=NC(C)(C)CC4CS(=O)(=O)O)c1. The highest BCUT2D eigenvalue weighted by Gasteiger charge is 2.34. The lowest BCUT2D eigenvalue weighted by Crippen LogP contribution is -2.37. The Morgan fingerprint density at radius 3 is 2.47 bits per heavy atom. The molecule has 8 nitrogen and oxygen atoms in total. The van der Waals surface area contributed by atoms with Gasteiger partial charge in [-0.05, 0) is 87.9 Å². The fourth-order valence-corrected chi connectivity index (χ4v) is 7.63. The number of fused-ring (bicyclic) bond motifs is 4. The van der Waals surface area contributed by atoms with E-state index in [0.717, 1.165) is 34.4 Å². The van der Waals surface area contributed by atoms with E-state index in [-0.39, 0.29) is 11.1 Å². The zero-order valence-electron chi connectivity index (χ0n) is 25.2. The van der Waals surface area contributed by atoms with E-state index >= 15 is 0 Å². The first-order chi connectivity index (χ1) is 20.0. The molecule has 3 heterocycles. The molecule has 0 amide bonds. The molecule has 1 atom stereocenters. The van der Waals surface area contributed by atoms with Crippen molar-refractivity contribution in [1.82, 2.24) is 0 Å². The van der Waals surface area contributed by atoms with Crippen LogP contribution < -0.4 is 20.6 Å². The number of carboxylic acids is 1. The maximum atomic E-state index is 12.6. The van der Waals surface area contributed by atoms with Gasteiger partial charge >= 0.3 is 5.97 Å². The average molecular weight is 601 g/mol. The van der Waals surface area contributed by atoms with Crippen LogP contribution in [0.5, 0.6) is 11.5 Å². The maximum Gasteiger partial charge on any atom is 0.336 e. The highest BCUT2D eigenvalue weighted by Crippen LogP contribution is 2.45. The van der Waals surface area contributed by atoms with Crippen LogP contribution in [0.25, 0.3) is 11.1 Å². The molecule has 1 unspecified atom stereocenters. The number of nitrogens with zero attached hydrogens (tertiary/aromatic N) is 1. The number of carbonyl (C=O) groups is 1. The van der Waals surface area contributed by atoms with E-state index < -0.39 is 33.3 Å². The summed E-state index contributed by atoms with van der Waals surface area (Å²) in [6, 6.07) is 13.1. The van der Waals surface area contributed by atoms with Gasteiger partial charge < -0.3 is 15.2 Å². The zero-order chi connectivity index (χ0) is 31.1. The second kappa shape index (κ2) is 9.79. The van der Waals surface area contributed by atoms with Crippen LogP contribution in [0.15, 0.2) is 53.5 Å². The van der Waals surface area contributed by atoms with E-state index in [1.165, 1.54) is 0 Å². The van der Waals surface area contributed by atoms with Gasteiger partial charge in [0.1, 0.15) is 11.5 Å². The number of aromatic carboxylic acids is 1. The molecule has 0 spiro atoms. The summed E-state index contributed by atoms with van der Waals surface area (Å²) >= 11 is 0. The van der Waals surface area contributed by atoms with Crippen LogP contribution in [0.1, 0.15) is 92.1 Å². The first-order valence-corrected chi connectivity index (χ1v) is 16.1. The second-order valence-electron chi connectivity index (χ2n) is 13.1. The maximum absolute atomic E-state index is 12.6. The van der Waals surface area contributed by atoms with Crippen molar-refractivity contribution in [2.75, 3.05) is 11.1 Å². The highest BCUT2D eigenvalue weighted by molar-refractivity contribution is 7.85. The first-order valence-electron chi connectivity index (χ1n) is 14.5. The van der Waals surface area contributed by atoms with Crippen molar-refractivity contribution < 1.29 is 27.6 Å². The molecule has 3 aliphatic heterocycles. The van der Waals surface area contributed by atoms with Crippen molar-refractivity contribution >= 4 is 32.9 Å². The van der Waals surface area contributed by atoms with E-state index in [1.807, 2.05) is 57.2 Å². The summed E-state index contributed by atoms with van der Waals surface area (Å²) in [5.41, 5.74) is 6.01. The molecular formula is C34H36N2O6S. The van der Waals surface area contributed by atoms with E-state index in [2.05, 4.69) is 32.2 Å². The Morgan fingerprint density at radius 2 is 1.79 bits per heavy atom. The molecule has 0 saturated heterocycles. The smallest absolute Gasteiger partial charge is 0.336 e. The van der Waals surface area contributed by atoms with Crippen LogP contribution in [-0.2, 0) is 16.5 Å². The minimum absolute atomic E-state index is 0.160. The molecule has 3 aromatic rings. The van der Waals surface area contributed by atoms with E-state index in [1.54, 1.807) is 6.07 Å². The van der Waals surface area contributed by atoms with Crippen molar-refractivity contribution in [1.29, 1.82) is 0 Å². The predicted molar refractivity (Wildman–Crippen MR) is 167 cm³/mol. The molecule has 0 fully saturated rings. The molecule has 0 aromatic heterocycles. The van der Waals surface area contributed by atoms with Crippen LogP contribution in [-0.4, -0.2) is 40.9 Å². The van der Waals surface area contributed by atoms with E-state index in [9.17, 15) is 22.9 Å². The summed E-state index contributed by atoms with van der Waals surface area (Å²) < 4.78 is 40.6. The normalized spacial score (nSPS) is 19.4. The molecule has 3 aliphatic rings. The highest BCUT2D eigenvalue weighted by atomic mass is 32.2. The molecule has 6 rings (SSSR count). The van der Waals surface area contributed by atoms with Crippen LogP contribution in [0.4, 0.5) is 5.69 Å². The Hall–Kier alpha value is -3.95. The molecule has 9 heteroatoms. The van der Waals surface area contributed by atoms with Crippen molar-refractivity contribution in [2.24, 2.45) is 4.99 Å². The minimum atomic E-state index is -4.28. The number of aryl methyl sites for hydroxylation is 1. The Balaban J connectivity index is 1.74. The summed E-state index contributed by atoms with van der Waals surface area (Å²) in [6.45, 7) is 12.1. The molecule has 0 radical (unpaired) electrons. The standard InChI is InChI=1S/C34H36N2O6S/c1-7-19-8-9-21(32(37)38)24(10-19)31-25-11-22-18(2)15-33(3,4)35-27(22)13-29(25)42-30-14-28-23(12-26(30)31)20(17-43(39,40)41)16-34(5,6)36-28/h8-15,20,35H,7,16-17H2,1-6H3,(H,37,38)(H,39,40,41). The van der Waals surface area contributed by atoms with E-state index in [4.69, 9.17) is 9.73 Å². The topological polar surface area (TPSA) is 125 Å². The van der Waals surface area contributed by atoms with Gasteiger partial charge in [0.2, 0.25) is 0 Å². The van der Waals surface area contributed by atoms with Gasteiger partial charge in [0.05, 0.1) is 27.8 Å². The molecule has 43 heavy (non-hydrogen) atoms. The van der Waals surface area contributed by atoms with E-state index in [0.29, 0.717) is 45.2 Å². The molecule has 0 bridgehead atoms. The van der Waals surface area contributed by atoms with Crippen LogP contribution in [0.2, 0.25) is 0 Å². The number of carboxylic acid groups (broad SMARTS) is 1. The number of nitrogens with one attached hydrogen (secondary N) is 1. The van der Waals surface area contributed by atoms with Gasteiger partial charge in [-0.1, -0.05) is 25.1 Å². The van der Waals surface area contributed by atoms with Gasteiger partial charge in [0, 0.05) is 45.7 Å². The summed E-state index contributed by atoms with van der Waals surface area (Å²) in [5, 5.41) is 15.1. The Labute approximate surface area is 251 Å². The Morgan fingerprint density at radius 1 is 1.05 bits per heavy atom. The van der Waals surface area contributed by atoms with Crippen molar-refractivity contribution in [3.8, 4) is 11.5 Å². The monoisotopic (exact) mass is 600 g/mol. The lowest BCUT2D eigenvalue weighted by molar-refractivity contribution is 0.0696. The van der Waals surface area contributed by atoms with Gasteiger partial charge in [-0.2, -0.15) is 8.42 Å². The van der Waals surface area contributed by atoms with Crippen molar-refractivity contribution in [3.05, 3.63) is 92.5 Å². The lowest BCUT2D eigenvalue weighted by Gasteiger charge is -2.34. The quantitative estimate of drug-likeness (QED) is 0.252. The third kappa shape index (κ3) is 5.36. The number of anilines is 1. The van der Waals surface area contributed by atoms with Gasteiger partial charge in [-0.15, -0.1) is 0 Å². The third-order valence-electron chi connectivity index (χ3n) is 8.48. The Kier molecular flexibility index (Phi) is 6.63. The van der Waals surface area contributed by atoms with Gasteiger partial charge in [0.25, 0.3) is 10.1 Å².